The highest BCUT2D eigenvalue weighted by Gasteiger charge is 1.98. The molecular formula is C10H13IS. The molecule has 1 aromatic rings. The molecule has 0 unspecified atom stereocenters. The third-order valence-electron chi connectivity index (χ3n) is 1.71. The summed E-state index contributed by atoms with van der Waals surface area (Å²) in [5.41, 5.74) is 1.47. The van der Waals surface area contributed by atoms with Gasteiger partial charge in [0.15, 0.2) is 0 Å². The number of thioether (sulfide) groups is 1. The van der Waals surface area contributed by atoms with Crippen molar-refractivity contribution in [2.45, 2.75) is 25.2 Å². The number of aryl methyl sites for hydroxylation is 1. The number of hydrogen-bond acceptors (Lipinski definition) is 1. The van der Waals surface area contributed by atoms with Crippen LogP contribution in [0.4, 0.5) is 0 Å². The van der Waals surface area contributed by atoms with Gasteiger partial charge in [-0.25, -0.2) is 0 Å². The van der Waals surface area contributed by atoms with E-state index in [1.807, 2.05) is 11.8 Å². The van der Waals surface area contributed by atoms with Crippen LogP contribution in [0.15, 0.2) is 23.1 Å². The molecule has 66 valence electrons. The van der Waals surface area contributed by atoms with Crippen LogP contribution in [0.5, 0.6) is 0 Å². The Morgan fingerprint density at radius 3 is 2.67 bits per heavy atom. The minimum atomic E-state index is 1.14. The molecule has 0 saturated carbocycles. The summed E-state index contributed by atoms with van der Waals surface area (Å²) in [5, 5.41) is 0. The van der Waals surface area contributed by atoms with Gasteiger partial charge in [-0.15, -0.1) is 11.8 Å². The second-order valence-electron chi connectivity index (χ2n) is 2.54. The first-order valence-electron chi connectivity index (χ1n) is 4.19. The molecule has 0 atom stereocenters. The lowest BCUT2D eigenvalue weighted by Crippen LogP contribution is -1.86. The normalized spacial score (nSPS) is 10.2. The summed E-state index contributed by atoms with van der Waals surface area (Å²) in [6, 6.07) is 6.71. The van der Waals surface area contributed by atoms with Crippen molar-refractivity contribution in [3.63, 3.8) is 0 Å². The highest BCUT2D eigenvalue weighted by Crippen LogP contribution is 2.22. The van der Waals surface area contributed by atoms with Crippen molar-refractivity contribution in [3.05, 3.63) is 27.3 Å². The van der Waals surface area contributed by atoms with Gasteiger partial charge in [-0.1, -0.05) is 13.8 Å². The van der Waals surface area contributed by atoms with Crippen LogP contribution < -0.4 is 0 Å². The van der Waals surface area contributed by atoms with E-state index in [-0.39, 0.29) is 0 Å². The maximum absolute atomic E-state index is 2.40. The molecule has 1 aromatic carbocycles. The van der Waals surface area contributed by atoms with E-state index in [2.05, 4.69) is 54.6 Å². The molecule has 1 rings (SSSR count). The zero-order valence-corrected chi connectivity index (χ0v) is 10.4. The molecule has 0 heterocycles. The van der Waals surface area contributed by atoms with Crippen LogP contribution in [0.1, 0.15) is 19.4 Å². The summed E-state index contributed by atoms with van der Waals surface area (Å²) in [5.74, 6) is 1.16. The van der Waals surface area contributed by atoms with Crippen molar-refractivity contribution in [1.82, 2.24) is 0 Å². The van der Waals surface area contributed by atoms with Crippen LogP contribution >= 0.6 is 34.4 Å². The highest BCUT2D eigenvalue weighted by molar-refractivity contribution is 14.1. The van der Waals surface area contributed by atoms with Crippen molar-refractivity contribution in [1.29, 1.82) is 0 Å². The van der Waals surface area contributed by atoms with Gasteiger partial charge in [0.25, 0.3) is 0 Å². The van der Waals surface area contributed by atoms with Gasteiger partial charge < -0.3 is 0 Å². The topological polar surface area (TPSA) is 0 Å². The van der Waals surface area contributed by atoms with Crippen LogP contribution in [-0.4, -0.2) is 5.75 Å². The van der Waals surface area contributed by atoms with Gasteiger partial charge in [-0.05, 0) is 58.5 Å². The molecule has 0 aromatic heterocycles. The van der Waals surface area contributed by atoms with Gasteiger partial charge >= 0.3 is 0 Å². The molecule has 0 N–H and O–H groups in total. The average molecular weight is 292 g/mol. The van der Waals surface area contributed by atoms with Crippen LogP contribution in [0.2, 0.25) is 0 Å². The fraction of sp³-hybridized carbons (Fsp3) is 0.400. The lowest BCUT2D eigenvalue weighted by molar-refractivity contribution is 1.11. The van der Waals surface area contributed by atoms with Crippen molar-refractivity contribution in [2.24, 2.45) is 0 Å². The van der Waals surface area contributed by atoms with E-state index < -0.39 is 0 Å². The molecule has 0 amide bonds. The molecule has 0 nitrogen and oxygen atoms in total. The predicted octanol–water partition coefficient (Wildman–Crippen LogP) is 3.97. The van der Waals surface area contributed by atoms with Gasteiger partial charge in [-0.3, -0.25) is 0 Å². The number of rotatable bonds is 3. The van der Waals surface area contributed by atoms with Gasteiger partial charge in [0.1, 0.15) is 0 Å². The molecule has 0 aliphatic carbocycles. The molecule has 0 spiro atoms. The summed E-state index contributed by atoms with van der Waals surface area (Å²) >= 11 is 4.31. The standard InChI is InChI=1S/C10H13IS/c1-3-8-7-9(12-4-2)5-6-10(8)11/h5-7H,3-4H2,1-2H3. The van der Waals surface area contributed by atoms with Gasteiger partial charge in [-0.2, -0.15) is 0 Å². The zero-order chi connectivity index (χ0) is 8.97. The third-order valence-corrected chi connectivity index (χ3v) is 3.64. The zero-order valence-electron chi connectivity index (χ0n) is 7.43. The van der Waals surface area contributed by atoms with Crippen molar-refractivity contribution in [3.8, 4) is 0 Å². The summed E-state index contributed by atoms with van der Waals surface area (Å²) in [6.45, 7) is 4.39. The minimum Gasteiger partial charge on any atom is -0.126 e. The molecule has 0 fully saturated rings. The fourth-order valence-corrected chi connectivity index (χ4v) is 2.52. The fourth-order valence-electron chi connectivity index (χ4n) is 1.08. The van der Waals surface area contributed by atoms with Crippen LogP contribution in [0.25, 0.3) is 0 Å². The monoisotopic (exact) mass is 292 g/mol. The van der Waals surface area contributed by atoms with E-state index in [1.54, 1.807) is 0 Å². The van der Waals surface area contributed by atoms with Crippen LogP contribution in [0.3, 0.4) is 0 Å². The van der Waals surface area contributed by atoms with Crippen LogP contribution in [0, 0.1) is 3.57 Å². The Balaban J connectivity index is 2.89. The lowest BCUT2D eigenvalue weighted by Gasteiger charge is -2.04. The molecule has 0 bridgehead atoms. The summed E-state index contributed by atoms with van der Waals surface area (Å²) in [7, 11) is 0. The van der Waals surface area contributed by atoms with E-state index >= 15 is 0 Å². The Morgan fingerprint density at radius 2 is 2.08 bits per heavy atom. The Kier molecular flexibility index (Phi) is 4.43. The second kappa shape index (κ2) is 5.12. The average Bonchev–Trinajstić information content (AvgIpc) is 2.09. The highest BCUT2D eigenvalue weighted by atomic mass is 127. The van der Waals surface area contributed by atoms with E-state index in [0.717, 1.165) is 12.2 Å². The van der Waals surface area contributed by atoms with Crippen LogP contribution in [-0.2, 0) is 6.42 Å². The number of hydrogen-bond donors (Lipinski definition) is 0. The first kappa shape index (κ1) is 10.4. The Bertz CT molecular complexity index is 258. The van der Waals surface area contributed by atoms with E-state index in [4.69, 9.17) is 0 Å². The quantitative estimate of drug-likeness (QED) is 0.600. The summed E-state index contributed by atoms with van der Waals surface area (Å²) < 4.78 is 1.38. The summed E-state index contributed by atoms with van der Waals surface area (Å²) in [6.07, 6.45) is 1.14. The molecule has 0 saturated heterocycles. The number of halogens is 1. The molecule has 0 radical (unpaired) electrons. The van der Waals surface area contributed by atoms with Gasteiger partial charge in [0.2, 0.25) is 0 Å². The van der Waals surface area contributed by atoms with Gasteiger partial charge in [0.05, 0.1) is 0 Å². The lowest BCUT2D eigenvalue weighted by atomic mass is 10.2. The molecule has 2 heteroatoms. The maximum atomic E-state index is 2.40. The van der Waals surface area contributed by atoms with E-state index in [1.165, 1.54) is 14.0 Å². The molecular weight excluding hydrogens is 279 g/mol. The van der Waals surface area contributed by atoms with Gasteiger partial charge in [0, 0.05) is 8.47 Å². The minimum absolute atomic E-state index is 1.14. The van der Waals surface area contributed by atoms with Crippen molar-refractivity contribution >= 4 is 34.4 Å². The smallest absolute Gasteiger partial charge is 0.0163 e. The molecule has 0 aliphatic heterocycles. The van der Waals surface area contributed by atoms with E-state index in [0.29, 0.717) is 0 Å². The molecule has 12 heavy (non-hydrogen) atoms. The molecule has 0 aliphatic rings. The predicted molar refractivity (Wildman–Crippen MR) is 64.9 cm³/mol. The third kappa shape index (κ3) is 2.66. The maximum Gasteiger partial charge on any atom is 0.0163 e. The van der Waals surface area contributed by atoms with Crippen molar-refractivity contribution < 1.29 is 0 Å². The first-order chi connectivity index (χ1) is 5.77. The summed E-state index contributed by atoms with van der Waals surface area (Å²) in [4.78, 5) is 1.40. The SMILES string of the molecule is CCSc1ccc(I)c(CC)c1. The second-order valence-corrected chi connectivity index (χ2v) is 5.04. The Labute approximate surface area is 92.3 Å². The Hall–Kier alpha value is 0.300. The van der Waals surface area contributed by atoms with E-state index in [9.17, 15) is 0 Å². The Morgan fingerprint density at radius 1 is 1.33 bits per heavy atom. The number of benzene rings is 1. The first-order valence-corrected chi connectivity index (χ1v) is 6.25. The van der Waals surface area contributed by atoms with Crippen molar-refractivity contribution in [2.75, 3.05) is 5.75 Å². The largest absolute Gasteiger partial charge is 0.126 e.